The van der Waals surface area contributed by atoms with Gasteiger partial charge in [0, 0.05) is 22.9 Å². The van der Waals surface area contributed by atoms with Crippen LogP contribution in [0.3, 0.4) is 0 Å². The van der Waals surface area contributed by atoms with Gasteiger partial charge in [0.15, 0.2) is 0 Å². The molecule has 0 bridgehead atoms. The molecule has 108 valence electrons. The van der Waals surface area contributed by atoms with Crippen LogP contribution >= 0.6 is 38.9 Å². The fraction of sp³-hybridized carbons (Fsp3) is 0.200. The predicted octanol–water partition coefficient (Wildman–Crippen LogP) is 5.05. The summed E-state index contributed by atoms with van der Waals surface area (Å²) in [5.74, 6) is 0.866. The van der Waals surface area contributed by atoms with Gasteiger partial charge in [-0.2, -0.15) is 4.98 Å². The summed E-state index contributed by atoms with van der Waals surface area (Å²) in [6, 6.07) is 10.3. The summed E-state index contributed by atoms with van der Waals surface area (Å²) >= 11 is 11.3. The molecule has 0 radical (unpaired) electrons. The van der Waals surface area contributed by atoms with Crippen molar-refractivity contribution >= 4 is 54.9 Å². The Labute approximate surface area is 140 Å². The highest BCUT2D eigenvalue weighted by molar-refractivity contribution is 9.10. The fourth-order valence-electron chi connectivity index (χ4n) is 2.25. The summed E-state index contributed by atoms with van der Waals surface area (Å²) in [5.41, 5.74) is 1.20. The van der Waals surface area contributed by atoms with Crippen LogP contribution in [0, 0.1) is 6.92 Å². The van der Waals surface area contributed by atoms with Crippen molar-refractivity contribution in [3.8, 4) is 0 Å². The van der Waals surface area contributed by atoms with E-state index in [4.69, 9.17) is 11.6 Å². The highest BCUT2D eigenvalue weighted by Gasteiger charge is 2.14. The van der Waals surface area contributed by atoms with E-state index in [1.54, 1.807) is 11.3 Å². The van der Waals surface area contributed by atoms with Crippen LogP contribution in [0.5, 0.6) is 0 Å². The summed E-state index contributed by atoms with van der Waals surface area (Å²) in [7, 11) is 2.02. The van der Waals surface area contributed by atoms with E-state index in [9.17, 15) is 0 Å². The topological polar surface area (TPSA) is 29.0 Å². The zero-order valence-electron chi connectivity index (χ0n) is 11.6. The Balaban J connectivity index is 2.01. The van der Waals surface area contributed by atoms with Crippen molar-refractivity contribution in [2.75, 3.05) is 11.9 Å². The maximum Gasteiger partial charge on any atom is 0.225 e. The van der Waals surface area contributed by atoms with Crippen LogP contribution in [0.1, 0.15) is 10.4 Å². The number of anilines is 1. The fourth-order valence-corrected chi connectivity index (χ4v) is 3.75. The molecule has 0 aliphatic heterocycles. The van der Waals surface area contributed by atoms with Crippen LogP contribution in [0.15, 0.2) is 34.8 Å². The Hall–Kier alpha value is -1.17. The number of fused-ring (bicyclic) bond motifs is 1. The Bertz CT molecular complexity index is 803. The number of rotatable bonds is 3. The third kappa shape index (κ3) is 3.05. The number of hydrogen-bond acceptors (Lipinski definition) is 4. The van der Waals surface area contributed by atoms with Crippen LogP contribution in [-0.2, 0) is 6.54 Å². The van der Waals surface area contributed by atoms with Crippen molar-refractivity contribution in [2.45, 2.75) is 13.5 Å². The molecule has 3 rings (SSSR count). The second kappa shape index (κ2) is 5.91. The molecule has 21 heavy (non-hydrogen) atoms. The van der Waals surface area contributed by atoms with E-state index in [2.05, 4.69) is 49.9 Å². The van der Waals surface area contributed by atoms with Crippen LogP contribution in [0.2, 0.25) is 5.28 Å². The molecule has 0 saturated heterocycles. The SMILES string of the molecule is Cc1cc2c(N(C)Cc3ccccc3Br)nc(Cl)nc2s1. The normalized spacial score (nSPS) is 11.0. The van der Waals surface area contributed by atoms with Gasteiger partial charge >= 0.3 is 0 Å². The number of halogens is 2. The molecule has 0 amide bonds. The lowest BCUT2D eigenvalue weighted by molar-refractivity contribution is 0.897. The molecular weight excluding hydrogens is 370 g/mol. The molecule has 0 atom stereocenters. The minimum atomic E-state index is 0.290. The van der Waals surface area contributed by atoms with E-state index in [0.717, 1.165) is 27.1 Å². The average molecular weight is 383 g/mol. The molecule has 0 unspecified atom stereocenters. The Morgan fingerprint density at radius 2 is 2.05 bits per heavy atom. The summed E-state index contributed by atoms with van der Waals surface area (Å²) in [5, 5.41) is 1.34. The zero-order chi connectivity index (χ0) is 15.0. The van der Waals surface area contributed by atoms with Crippen molar-refractivity contribution in [3.05, 3.63) is 50.5 Å². The molecule has 0 aliphatic rings. The van der Waals surface area contributed by atoms with E-state index in [1.165, 1.54) is 10.4 Å². The minimum Gasteiger partial charge on any atom is -0.355 e. The lowest BCUT2D eigenvalue weighted by Crippen LogP contribution is -2.18. The summed E-state index contributed by atoms with van der Waals surface area (Å²) in [6.45, 7) is 2.82. The third-order valence-electron chi connectivity index (χ3n) is 3.20. The summed E-state index contributed by atoms with van der Waals surface area (Å²) in [4.78, 5) is 12.9. The molecule has 3 nitrogen and oxygen atoms in total. The van der Waals surface area contributed by atoms with Crippen molar-refractivity contribution in [3.63, 3.8) is 0 Å². The van der Waals surface area contributed by atoms with Crippen molar-refractivity contribution in [1.29, 1.82) is 0 Å². The maximum atomic E-state index is 6.06. The van der Waals surface area contributed by atoms with E-state index in [-0.39, 0.29) is 0 Å². The number of hydrogen-bond donors (Lipinski definition) is 0. The van der Waals surface area contributed by atoms with E-state index in [1.807, 2.05) is 25.2 Å². The first-order valence-electron chi connectivity index (χ1n) is 6.43. The monoisotopic (exact) mass is 381 g/mol. The molecule has 0 aliphatic carbocycles. The van der Waals surface area contributed by atoms with Gasteiger partial charge in [-0.3, -0.25) is 0 Å². The van der Waals surface area contributed by atoms with Gasteiger partial charge in [-0.15, -0.1) is 11.3 Å². The molecule has 2 heterocycles. The molecule has 0 fully saturated rings. The van der Waals surface area contributed by atoms with Crippen LogP contribution in [0.25, 0.3) is 10.2 Å². The highest BCUT2D eigenvalue weighted by Crippen LogP contribution is 2.32. The first-order valence-corrected chi connectivity index (χ1v) is 8.41. The van der Waals surface area contributed by atoms with Crippen LogP contribution in [0.4, 0.5) is 5.82 Å². The minimum absolute atomic E-state index is 0.290. The van der Waals surface area contributed by atoms with Crippen molar-refractivity contribution in [1.82, 2.24) is 9.97 Å². The number of aromatic nitrogens is 2. The zero-order valence-corrected chi connectivity index (χ0v) is 14.8. The second-order valence-corrected chi connectivity index (χ2v) is 7.27. The van der Waals surface area contributed by atoms with Gasteiger partial charge < -0.3 is 4.90 Å². The molecule has 0 spiro atoms. The van der Waals surface area contributed by atoms with Crippen molar-refractivity contribution in [2.24, 2.45) is 0 Å². The molecule has 0 N–H and O–H groups in total. The molecule has 1 aromatic carbocycles. The van der Waals surface area contributed by atoms with Gasteiger partial charge in [0.1, 0.15) is 10.6 Å². The van der Waals surface area contributed by atoms with Gasteiger partial charge in [0.25, 0.3) is 0 Å². The van der Waals surface area contributed by atoms with Gasteiger partial charge in [0.2, 0.25) is 5.28 Å². The first-order chi connectivity index (χ1) is 10.0. The largest absolute Gasteiger partial charge is 0.355 e. The van der Waals surface area contributed by atoms with Gasteiger partial charge in [-0.05, 0) is 36.2 Å². The number of nitrogens with zero attached hydrogens (tertiary/aromatic N) is 3. The van der Waals surface area contributed by atoms with Crippen molar-refractivity contribution < 1.29 is 0 Å². The van der Waals surface area contributed by atoms with E-state index < -0.39 is 0 Å². The smallest absolute Gasteiger partial charge is 0.225 e. The number of benzene rings is 1. The maximum absolute atomic E-state index is 6.06. The lowest BCUT2D eigenvalue weighted by atomic mass is 10.2. The average Bonchev–Trinajstić information content (AvgIpc) is 2.80. The molecule has 6 heteroatoms. The van der Waals surface area contributed by atoms with Crippen LogP contribution in [-0.4, -0.2) is 17.0 Å². The van der Waals surface area contributed by atoms with Gasteiger partial charge in [-0.1, -0.05) is 34.1 Å². The Morgan fingerprint density at radius 1 is 1.29 bits per heavy atom. The second-order valence-electron chi connectivity index (χ2n) is 4.84. The molecule has 2 aromatic heterocycles. The lowest BCUT2D eigenvalue weighted by Gasteiger charge is -2.19. The van der Waals surface area contributed by atoms with E-state index >= 15 is 0 Å². The standard InChI is InChI=1S/C15H13BrClN3S/c1-9-7-11-13(18-15(17)19-14(11)21-9)20(2)8-10-5-3-4-6-12(10)16/h3-7H,8H2,1-2H3. The first kappa shape index (κ1) is 14.8. The van der Waals surface area contributed by atoms with Gasteiger partial charge in [0.05, 0.1) is 5.39 Å². The number of thiophene rings is 1. The van der Waals surface area contributed by atoms with Crippen LogP contribution < -0.4 is 4.90 Å². The Morgan fingerprint density at radius 3 is 2.81 bits per heavy atom. The molecular formula is C15H13BrClN3S. The predicted molar refractivity (Wildman–Crippen MR) is 93.4 cm³/mol. The third-order valence-corrected chi connectivity index (χ3v) is 5.08. The molecule has 3 aromatic rings. The molecule has 0 saturated carbocycles. The quantitative estimate of drug-likeness (QED) is 0.593. The van der Waals surface area contributed by atoms with E-state index in [0.29, 0.717) is 5.28 Å². The Kier molecular flexibility index (Phi) is 4.15. The highest BCUT2D eigenvalue weighted by atomic mass is 79.9. The van der Waals surface area contributed by atoms with Gasteiger partial charge in [-0.25, -0.2) is 4.98 Å². The number of aryl methyl sites for hydroxylation is 1. The summed E-state index contributed by atoms with van der Waals surface area (Å²) in [6.07, 6.45) is 0. The summed E-state index contributed by atoms with van der Waals surface area (Å²) < 4.78 is 1.09.